The predicted molar refractivity (Wildman–Crippen MR) is 123 cm³/mol. The number of hydrogen-bond acceptors (Lipinski definition) is 2. The van der Waals surface area contributed by atoms with Crippen molar-refractivity contribution in [2.45, 2.75) is 19.8 Å². The number of amides is 1. The summed E-state index contributed by atoms with van der Waals surface area (Å²) >= 11 is 0. The first-order chi connectivity index (χ1) is 13.1. The number of carbonyl (C=O) groups is 1. The van der Waals surface area contributed by atoms with Gasteiger partial charge in [-0.05, 0) is 48.6 Å². The van der Waals surface area contributed by atoms with E-state index in [1.807, 2.05) is 37.3 Å². The second-order valence-corrected chi connectivity index (χ2v) is 6.26. The number of carbonyl (C=O) groups excluding carboxylic acids is 1. The minimum absolute atomic E-state index is 0. The Morgan fingerprint density at radius 2 is 1.71 bits per heavy atom. The van der Waals surface area contributed by atoms with Crippen molar-refractivity contribution in [3.63, 3.8) is 0 Å². The number of halogens is 2. The lowest BCUT2D eigenvalue weighted by molar-refractivity contribution is -0.119. The molecule has 1 amide bonds. The number of nitrogens with one attached hydrogen (secondary N) is 3. The fraction of sp³-hybridized carbons (Fsp3) is 0.333. The summed E-state index contributed by atoms with van der Waals surface area (Å²) in [6.07, 6.45) is 1.55. The Balaban J connectivity index is 0.00000392. The molecule has 28 heavy (non-hydrogen) atoms. The molecule has 152 valence electrons. The zero-order valence-electron chi connectivity index (χ0n) is 16.3. The van der Waals surface area contributed by atoms with Crippen LogP contribution in [0.4, 0.5) is 4.39 Å². The molecule has 0 fully saturated rings. The second kappa shape index (κ2) is 13.1. The molecule has 3 N–H and O–H groups in total. The highest BCUT2D eigenvalue weighted by Gasteiger charge is 2.04. The fourth-order valence-electron chi connectivity index (χ4n) is 2.69. The number of benzene rings is 2. The molecule has 0 saturated carbocycles. The van der Waals surface area contributed by atoms with E-state index < -0.39 is 0 Å². The molecular weight excluding hydrogens is 470 g/mol. The smallest absolute Gasteiger partial charge is 0.239 e. The molecule has 0 aromatic heterocycles. The minimum atomic E-state index is -0.222. The van der Waals surface area contributed by atoms with Gasteiger partial charge < -0.3 is 16.0 Å². The van der Waals surface area contributed by atoms with Gasteiger partial charge in [-0.3, -0.25) is 9.79 Å². The Morgan fingerprint density at radius 3 is 2.39 bits per heavy atom. The molecule has 0 saturated heterocycles. The molecule has 2 rings (SSSR count). The molecule has 0 heterocycles. The summed E-state index contributed by atoms with van der Waals surface area (Å²) in [6.45, 7) is 3.29. The first-order valence-electron chi connectivity index (χ1n) is 9.08. The predicted octanol–water partition coefficient (Wildman–Crippen LogP) is 2.82. The lowest BCUT2D eigenvalue weighted by atomic mass is 10.1. The Kier molecular flexibility index (Phi) is 11.2. The molecule has 0 bridgehead atoms. The van der Waals surface area contributed by atoms with E-state index in [0.717, 1.165) is 24.0 Å². The van der Waals surface area contributed by atoms with Gasteiger partial charge in [-0.15, -0.1) is 24.0 Å². The topological polar surface area (TPSA) is 65.5 Å². The lowest BCUT2D eigenvalue weighted by Gasteiger charge is -2.13. The van der Waals surface area contributed by atoms with Crippen molar-refractivity contribution in [2.24, 2.45) is 4.99 Å². The van der Waals surface area contributed by atoms with Crippen molar-refractivity contribution in [3.05, 3.63) is 71.0 Å². The van der Waals surface area contributed by atoms with Crippen LogP contribution in [-0.2, 0) is 17.6 Å². The molecule has 7 heteroatoms. The maximum absolute atomic E-state index is 13.1. The van der Waals surface area contributed by atoms with Crippen molar-refractivity contribution >= 4 is 35.8 Å². The van der Waals surface area contributed by atoms with Gasteiger partial charge in [0.25, 0.3) is 0 Å². The zero-order chi connectivity index (χ0) is 19.5. The van der Waals surface area contributed by atoms with Crippen LogP contribution in [0.5, 0.6) is 0 Å². The summed E-state index contributed by atoms with van der Waals surface area (Å²) in [6, 6.07) is 14.8. The largest absolute Gasteiger partial charge is 0.356 e. The highest BCUT2D eigenvalue weighted by atomic mass is 127. The molecule has 0 aliphatic carbocycles. The second-order valence-electron chi connectivity index (χ2n) is 6.26. The van der Waals surface area contributed by atoms with Gasteiger partial charge in [0.1, 0.15) is 5.82 Å². The molecule has 0 unspecified atom stereocenters. The molecule has 5 nitrogen and oxygen atoms in total. The number of rotatable bonds is 8. The Hall–Kier alpha value is -2.16. The normalized spacial score (nSPS) is 10.8. The number of guanidine groups is 1. The fourth-order valence-corrected chi connectivity index (χ4v) is 2.69. The zero-order valence-corrected chi connectivity index (χ0v) is 18.6. The monoisotopic (exact) mass is 498 g/mol. The van der Waals surface area contributed by atoms with Gasteiger partial charge in [-0.1, -0.05) is 36.4 Å². The van der Waals surface area contributed by atoms with E-state index in [-0.39, 0.29) is 42.2 Å². The third-order valence-corrected chi connectivity index (χ3v) is 4.21. The maximum Gasteiger partial charge on any atom is 0.239 e. The average molecular weight is 498 g/mol. The summed E-state index contributed by atoms with van der Waals surface area (Å²) in [5.41, 5.74) is 3.20. The first kappa shape index (κ1) is 23.9. The molecular formula is C21H28FIN4O. The van der Waals surface area contributed by atoms with Gasteiger partial charge in [0.05, 0.1) is 6.54 Å². The quantitative estimate of drug-likeness (QED) is 0.298. The van der Waals surface area contributed by atoms with Crippen molar-refractivity contribution in [1.29, 1.82) is 0 Å². The summed E-state index contributed by atoms with van der Waals surface area (Å²) in [7, 11) is 1.66. The van der Waals surface area contributed by atoms with Gasteiger partial charge in [0, 0.05) is 20.1 Å². The van der Waals surface area contributed by atoms with Crippen molar-refractivity contribution in [2.75, 3.05) is 26.7 Å². The van der Waals surface area contributed by atoms with E-state index in [1.54, 1.807) is 13.1 Å². The number of aliphatic imine (C=N–C) groups is 1. The molecule has 0 spiro atoms. The first-order valence-corrected chi connectivity index (χ1v) is 9.08. The van der Waals surface area contributed by atoms with Gasteiger partial charge >= 0.3 is 0 Å². The Morgan fingerprint density at radius 1 is 1.00 bits per heavy atom. The van der Waals surface area contributed by atoms with Gasteiger partial charge in [-0.2, -0.15) is 0 Å². The number of nitrogens with zero attached hydrogens (tertiary/aromatic N) is 1. The van der Waals surface area contributed by atoms with Crippen LogP contribution in [0.15, 0.2) is 53.5 Å². The Labute approximate surface area is 183 Å². The highest BCUT2D eigenvalue weighted by Crippen LogP contribution is 2.10. The van der Waals surface area contributed by atoms with Crippen LogP contribution < -0.4 is 16.0 Å². The van der Waals surface area contributed by atoms with Crippen molar-refractivity contribution in [1.82, 2.24) is 16.0 Å². The minimum Gasteiger partial charge on any atom is -0.356 e. The molecule has 0 aliphatic rings. The van der Waals surface area contributed by atoms with Crippen LogP contribution >= 0.6 is 24.0 Å². The molecule has 2 aromatic rings. The Bertz CT molecular complexity index is 768. The van der Waals surface area contributed by atoms with Crippen molar-refractivity contribution < 1.29 is 9.18 Å². The average Bonchev–Trinajstić information content (AvgIpc) is 2.67. The van der Waals surface area contributed by atoms with Crippen LogP contribution in [0.2, 0.25) is 0 Å². The summed E-state index contributed by atoms with van der Waals surface area (Å²) in [5, 5.41) is 9.04. The molecule has 2 aromatic carbocycles. The van der Waals surface area contributed by atoms with E-state index in [0.29, 0.717) is 19.0 Å². The van der Waals surface area contributed by atoms with E-state index in [1.165, 1.54) is 17.7 Å². The summed E-state index contributed by atoms with van der Waals surface area (Å²) in [5.74, 6) is 0.260. The van der Waals surface area contributed by atoms with Crippen LogP contribution in [-0.4, -0.2) is 38.5 Å². The van der Waals surface area contributed by atoms with Gasteiger partial charge in [0.15, 0.2) is 5.96 Å². The lowest BCUT2D eigenvalue weighted by Crippen LogP contribution is -2.44. The number of hydrogen-bond donors (Lipinski definition) is 3. The van der Waals surface area contributed by atoms with Crippen LogP contribution in [0.25, 0.3) is 0 Å². The van der Waals surface area contributed by atoms with E-state index in [9.17, 15) is 9.18 Å². The van der Waals surface area contributed by atoms with Crippen molar-refractivity contribution in [3.8, 4) is 0 Å². The van der Waals surface area contributed by atoms with E-state index in [4.69, 9.17) is 0 Å². The summed E-state index contributed by atoms with van der Waals surface area (Å²) in [4.78, 5) is 16.0. The van der Waals surface area contributed by atoms with Crippen LogP contribution in [0, 0.1) is 12.7 Å². The van der Waals surface area contributed by atoms with E-state index in [2.05, 4.69) is 20.9 Å². The third kappa shape index (κ3) is 8.69. The van der Waals surface area contributed by atoms with Gasteiger partial charge in [0.2, 0.25) is 5.91 Å². The van der Waals surface area contributed by atoms with E-state index >= 15 is 0 Å². The third-order valence-electron chi connectivity index (χ3n) is 4.21. The molecule has 0 aliphatic heterocycles. The molecule has 0 radical (unpaired) electrons. The summed E-state index contributed by atoms with van der Waals surface area (Å²) < 4.78 is 13.1. The number of aryl methyl sites for hydroxylation is 1. The molecule has 0 atom stereocenters. The highest BCUT2D eigenvalue weighted by molar-refractivity contribution is 14.0. The SMILES string of the molecule is CN=C(NCCc1ccc(F)cc1C)NCC(=O)NCCc1ccccc1.I. The van der Waals surface area contributed by atoms with Crippen LogP contribution in [0.3, 0.4) is 0 Å². The van der Waals surface area contributed by atoms with Gasteiger partial charge in [-0.25, -0.2) is 4.39 Å². The maximum atomic E-state index is 13.1. The van der Waals surface area contributed by atoms with Crippen LogP contribution in [0.1, 0.15) is 16.7 Å². The standard InChI is InChI=1S/C21H27FN4O.HI/c1-16-14-19(22)9-8-18(16)11-13-25-21(23-2)26-15-20(27)24-12-10-17-6-4-3-5-7-17;/h3-9,14H,10-13,15H2,1-2H3,(H,24,27)(H2,23,25,26);1H.